The molecule has 0 saturated carbocycles. The first kappa shape index (κ1) is 12.1. The minimum atomic E-state index is -0.862. The van der Waals surface area contributed by atoms with Crippen molar-refractivity contribution in [3.05, 3.63) is 0 Å². The normalized spacial score (nSPS) is 13.4. The summed E-state index contributed by atoms with van der Waals surface area (Å²) in [4.78, 5) is 10.7. The monoisotopic (exact) mass is 186 g/mol. The van der Waals surface area contributed by atoms with Gasteiger partial charge in [-0.1, -0.05) is 0 Å². The molecule has 0 saturated heterocycles. The highest BCUT2D eigenvalue weighted by Crippen LogP contribution is 2.16. The summed E-state index contributed by atoms with van der Waals surface area (Å²) in [6, 6.07) is 0. The van der Waals surface area contributed by atoms with Crippen LogP contribution in [0.15, 0.2) is 10.2 Å². The molecule has 0 unspecified atom stereocenters. The molecule has 0 atom stereocenters. The summed E-state index contributed by atoms with van der Waals surface area (Å²) in [6.07, 6.45) is 0. The van der Waals surface area contributed by atoms with Gasteiger partial charge in [-0.3, -0.25) is 4.79 Å². The van der Waals surface area contributed by atoms with Crippen LogP contribution < -0.4 is 0 Å². The number of hydrogen-bond donors (Lipinski definition) is 0. The third-order valence-electron chi connectivity index (χ3n) is 0.984. The molecule has 0 aromatic heterocycles. The number of rotatable bonds is 2. The second kappa shape index (κ2) is 3.85. The zero-order valence-electron chi connectivity index (χ0n) is 9.21. The minimum Gasteiger partial charge on any atom is -0.436 e. The summed E-state index contributed by atoms with van der Waals surface area (Å²) < 4.78 is 4.93. The lowest BCUT2D eigenvalue weighted by Crippen LogP contribution is -2.25. The molecule has 4 heteroatoms. The van der Waals surface area contributed by atoms with Crippen LogP contribution in [0.1, 0.15) is 41.5 Å². The molecule has 76 valence electrons. The third-order valence-corrected chi connectivity index (χ3v) is 0.984. The maximum atomic E-state index is 10.7. The average Bonchev–Trinajstić information content (AvgIpc) is 1.79. The number of ether oxygens (including phenoxy) is 1. The van der Waals surface area contributed by atoms with Crippen LogP contribution in [0, 0.1) is 0 Å². The van der Waals surface area contributed by atoms with E-state index < -0.39 is 5.72 Å². The van der Waals surface area contributed by atoms with Crippen LogP contribution in [-0.2, 0) is 9.53 Å². The van der Waals surface area contributed by atoms with Crippen LogP contribution >= 0.6 is 0 Å². The van der Waals surface area contributed by atoms with E-state index >= 15 is 0 Å². The van der Waals surface area contributed by atoms with E-state index in [-0.39, 0.29) is 11.5 Å². The SMILES string of the molecule is CC(=O)OC(C)(C)/N=N/C(C)(C)C. The van der Waals surface area contributed by atoms with E-state index in [1.54, 1.807) is 13.8 Å². The highest BCUT2D eigenvalue weighted by atomic mass is 16.6. The molecule has 0 spiro atoms. The van der Waals surface area contributed by atoms with E-state index in [1.165, 1.54) is 6.92 Å². The smallest absolute Gasteiger partial charge is 0.304 e. The van der Waals surface area contributed by atoms with Gasteiger partial charge in [-0.2, -0.15) is 5.11 Å². The number of azo groups is 1. The number of carbonyl (C=O) groups excluding carboxylic acids is 1. The zero-order valence-corrected chi connectivity index (χ0v) is 9.21. The average molecular weight is 186 g/mol. The Morgan fingerprint density at radius 1 is 1.08 bits per heavy atom. The van der Waals surface area contributed by atoms with Crippen molar-refractivity contribution in [1.82, 2.24) is 0 Å². The second-order valence-corrected chi connectivity index (χ2v) is 4.41. The molecule has 0 heterocycles. The number of hydrogen-bond acceptors (Lipinski definition) is 4. The summed E-state index contributed by atoms with van der Waals surface area (Å²) in [5, 5.41) is 7.98. The first-order valence-electron chi connectivity index (χ1n) is 4.26. The summed E-state index contributed by atoms with van der Waals surface area (Å²) in [7, 11) is 0. The van der Waals surface area contributed by atoms with Gasteiger partial charge < -0.3 is 4.74 Å². The van der Waals surface area contributed by atoms with E-state index in [1.807, 2.05) is 20.8 Å². The minimum absolute atomic E-state index is 0.239. The maximum absolute atomic E-state index is 10.7. The van der Waals surface area contributed by atoms with Crippen LogP contribution in [-0.4, -0.2) is 17.2 Å². The van der Waals surface area contributed by atoms with Gasteiger partial charge in [0.1, 0.15) is 0 Å². The summed E-state index contributed by atoms with van der Waals surface area (Å²) in [5.74, 6) is -0.349. The Morgan fingerprint density at radius 3 is 1.85 bits per heavy atom. The quantitative estimate of drug-likeness (QED) is 0.491. The second-order valence-electron chi connectivity index (χ2n) is 4.41. The van der Waals surface area contributed by atoms with Crippen molar-refractivity contribution in [2.75, 3.05) is 0 Å². The van der Waals surface area contributed by atoms with Crippen LogP contribution in [0.5, 0.6) is 0 Å². The molecule has 4 nitrogen and oxygen atoms in total. The van der Waals surface area contributed by atoms with Gasteiger partial charge in [0.15, 0.2) is 0 Å². The van der Waals surface area contributed by atoms with E-state index in [0.29, 0.717) is 0 Å². The molecule has 0 aromatic carbocycles. The molecule has 0 radical (unpaired) electrons. The van der Waals surface area contributed by atoms with Crippen molar-refractivity contribution in [3.8, 4) is 0 Å². The Labute approximate surface area is 79.4 Å². The van der Waals surface area contributed by atoms with Crippen molar-refractivity contribution >= 4 is 5.97 Å². The molecule has 0 aliphatic heterocycles. The zero-order chi connectivity index (χ0) is 10.7. The highest BCUT2D eigenvalue weighted by Gasteiger charge is 2.21. The van der Waals surface area contributed by atoms with Crippen molar-refractivity contribution in [1.29, 1.82) is 0 Å². The molecule has 0 amide bonds. The van der Waals surface area contributed by atoms with Crippen molar-refractivity contribution < 1.29 is 9.53 Å². The van der Waals surface area contributed by atoms with Crippen LogP contribution in [0.3, 0.4) is 0 Å². The highest BCUT2D eigenvalue weighted by molar-refractivity contribution is 5.66. The van der Waals surface area contributed by atoms with Crippen LogP contribution in [0.25, 0.3) is 0 Å². The fraction of sp³-hybridized carbons (Fsp3) is 0.889. The Hall–Kier alpha value is -0.930. The molecular weight excluding hydrogens is 168 g/mol. The van der Waals surface area contributed by atoms with Crippen molar-refractivity contribution in [2.24, 2.45) is 10.2 Å². The van der Waals surface area contributed by atoms with E-state index in [4.69, 9.17) is 4.74 Å². The van der Waals surface area contributed by atoms with Gasteiger partial charge in [-0.25, -0.2) is 0 Å². The molecular formula is C9H18N2O2. The predicted molar refractivity (Wildman–Crippen MR) is 50.5 cm³/mol. The molecule has 0 bridgehead atoms. The Bertz CT molecular complexity index is 214. The lowest BCUT2D eigenvalue weighted by atomic mass is 10.1. The summed E-state index contributed by atoms with van der Waals surface area (Å²) >= 11 is 0. The first-order chi connectivity index (χ1) is 5.62. The van der Waals surface area contributed by atoms with Gasteiger partial charge in [0.2, 0.25) is 5.72 Å². The van der Waals surface area contributed by atoms with Crippen molar-refractivity contribution in [2.45, 2.75) is 52.8 Å². The van der Waals surface area contributed by atoms with E-state index in [9.17, 15) is 4.79 Å². The fourth-order valence-electron chi connectivity index (χ4n) is 0.643. The largest absolute Gasteiger partial charge is 0.436 e. The lowest BCUT2D eigenvalue weighted by molar-refractivity contribution is -0.153. The van der Waals surface area contributed by atoms with Crippen LogP contribution in [0.4, 0.5) is 0 Å². The van der Waals surface area contributed by atoms with Gasteiger partial charge in [0.05, 0.1) is 5.54 Å². The molecule has 0 fully saturated rings. The van der Waals surface area contributed by atoms with E-state index in [0.717, 1.165) is 0 Å². The lowest BCUT2D eigenvalue weighted by Gasteiger charge is -2.20. The van der Waals surface area contributed by atoms with Gasteiger partial charge in [0.25, 0.3) is 0 Å². The van der Waals surface area contributed by atoms with Gasteiger partial charge >= 0.3 is 5.97 Å². The Balaban J connectivity index is 4.33. The topological polar surface area (TPSA) is 51.0 Å². The standard InChI is InChI=1S/C9H18N2O2/c1-7(12)13-9(5,6)11-10-8(2,3)4/h1-6H3/b11-10+. The molecule has 0 aromatic rings. The Morgan fingerprint density at radius 2 is 1.54 bits per heavy atom. The molecule has 13 heavy (non-hydrogen) atoms. The van der Waals surface area contributed by atoms with Crippen molar-refractivity contribution in [3.63, 3.8) is 0 Å². The molecule has 0 aliphatic rings. The van der Waals surface area contributed by atoms with Gasteiger partial charge in [-0.15, -0.1) is 5.11 Å². The summed E-state index contributed by atoms with van der Waals surface area (Å²) in [5.41, 5.74) is -1.10. The predicted octanol–water partition coefficient (Wildman–Crippen LogP) is 2.54. The summed E-state index contributed by atoms with van der Waals surface area (Å²) in [6.45, 7) is 10.5. The van der Waals surface area contributed by atoms with Gasteiger partial charge in [0, 0.05) is 6.92 Å². The maximum Gasteiger partial charge on any atom is 0.304 e. The number of nitrogens with zero attached hydrogens (tertiary/aromatic N) is 2. The molecule has 0 N–H and O–H groups in total. The van der Waals surface area contributed by atoms with Gasteiger partial charge in [-0.05, 0) is 34.6 Å². The fourth-order valence-corrected chi connectivity index (χ4v) is 0.643. The number of carbonyl (C=O) groups is 1. The molecule has 0 aliphatic carbocycles. The van der Waals surface area contributed by atoms with Crippen LogP contribution in [0.2, 0.25) is 0 Å². The Kier molecular flexibility index (Phi) is 3.58. The molecule has 0 rings (SSSR count). The number of esters is 1. The first-order valence-corrected chi connectivity index (χ1v) is 4.26. The third kappa shape index (κ3) is 7.43. The van der Waals surface area contributed by atoms with E-state index in [2.05, 4.69) is 10.2 Å².